The largest absolute Gasteiger partial charge is 0.480 e. The van der Waals surface area contributed by atoms with E-state index in [-0.39, 0.29) is 25.1 Å². The Kier molecular flexibility index (Phi) is 7.40. The van der Waals surface area contributed by atoms with E-state index in [2.05, 4.69) is 14.7 Å². The maximum absolute atomic E-state index is 13.6. The van der Waals surface area contributed by atoms with Crippen molar-refractivity contribution in [1.29, 1.82) is 0 Å². The molecular formula is C22H21ClN4O10. The molecule has 4 rings (SSSR count). The molecule has 15 heteroatoms. The molecule has 0 saturated heterocycles. The SMILES string of the molecule is Cc1ncc2c(c1N(CC(=O)O)C(=O)C1C[C@H](O[N+](=O)[O-])[C@H](O[N+](=O)[O-])C1)CO[C@H]2c1ccc(Cl)cc1. The van der Waals surface area contributed by atoms with E-state index in [9.17, 15) is 34.9 Å². The summed E-state index contributed by atoms with van der Waals surface area (Å²) >= 11 is 5.98. The normalized spacial score (nSPS) is 22.2. The first-order valence-corrected chi connectivity index (χ1v) is 11.4. The monoisotopic (exact) mass is 536 g/mol. The number of hydrogen-bond acceptors (Lipinski definition) is 10. The van der Waals surface area contributed by atoms with E-state index in [0.717, 1.165) is 10.5 Å². The van der Waals surface area contributed by atoms with Crippen LogP contribution in [0.3, 0.4) is 0 Å². The molecule has 1 aromatic heterocycles. The maximum Gasteiger partial charge on any atom is 0.323 e. The van der Waals surface area contributed by atoms with Crippen molar-refractivity contribution in [3.05, 3.63) is 78.1 Å². The highest BCUT2D eigenvalue weighted by molar-refractivity contribution is 6.30. The van der Waals surface area contributed by atoms with Gasteiger partial charge in [-0.2, -0.15) is 0 Å². The predicted molar refractivity (Wildman–Crippen MR) is 124 cm³/mol. The zero-order chi connectivity index (χ0) is 26.9. The Morgan fingerprint density at radius 2 is 1.76 bits per heavy atom. The van der Waals surface area contributed by atoms with Crippen LogP contribution in [0.5, 0.6) is 0 Å². The van der Waals surface area contributed by atoms with Crippen LogP contribution in [0, 0.1) is 33.1 Å². The van der Waals surface area contributed by atoms with E-state index in [1.165, 1.54) is 0 Å². The third kappa shape index (κ3) is 5.54. The molecule has 4 atom stereocenters. The van der Waals surface area contributed by atoms with Crippen LogP contribution in [0.1, 0.15) is 41.3 Å². The van der Waals surface area contributed by atoms with Crippen molar-refractivity contribution < 1.29 is 39.3 Å². The zero-order valence-electron chi connectivity index (χ0n) is 19.3. The van der Waals surface area contributed by atoms with E-state index in [1.807, 2.05) is 0 Å². The molecule has 1 aromatic carbocycles. The van der Waals surface area contributed by atoms with Crippen molar-refractivity contribution in [1.82, 2.24) is 4.98 Å². The number of benzene rings is 1. The smallest absolute Gasteiger partial charge is 0.323 e. The number of halogens is 1. The summed E-state index contributed by atoms with van der Waals surface area (Å²) in [5.41, 5.74) is 2.60. The molecule has 1 saturated carbocycles. The number of carbonyl (C=O) groups excluding carboxylic acids is 1. The van der Waals surface area contributed by atoms with Crippen molar-refractivity contribution in [2.24, 2.45) is 5.92 Å². The number of aliphatic carboxylic acids is 1. The lowest BCUT2D eigenvalue weighted by Gasteiger charge is -2.27. The van der Waals surface area contributed by atoms with Gasteiger partial charge in [-0.05, 0) is 37.5 Å². The van der Waals surface area contributed by atoms with Crippen molar-refractivity contribution in [2.45, 2.75) is 44.7 Å². The molecule has 1 N–H and O–H groups in total. The number of rotatable bonds is 9. The first-order valence-electron chi connectivity index (χ1n) is 11.1. The molecule has 37 heavy (non-hydrogen) atoms. The fourth-order valence-electron chi connectivity index (χ4n) is 4.79. The summed E-state index contributed by atoms with van der Waals surface area (Å²) in [4.78, 5) is 61.5. The Balaban J connectivity index is 1.68. The van der Waals surface area contributed by atoms with E-state index in [4.69, 9.17) is 16.3 Å². The number of aromatic nitrogens is 1. The molecule has 1 unspecified atom stereocenters. The first-order chi connectivity index (χ1) is 17.5. The standard InChI is InChI=1S/C22H21ClN4O10/c1-11-20(16-10-35-21(15(16)8-24-11)12-2-4-14(23)5-3-12)25(9-19(28)29)22(30)13-6-17(36-26(31)32)18(7-13)37-27(33)34/h2-5,8,13,17-18,21H,6-7,9-10H2,1H3,(H,28,29)/t13?,17-,18+,21-/m0/s1. The summed E-state index contributed by atoms with van der Waals surface area (Å²) in [5, 5.41) is 29.6. The second kappa shape index (κ2) is 10.5. The van der Waals surface area contributed by atoms with Gasteiger partial charge in [0.2, 0.25) is 5.91 Å². The van der Waals surface area contributed by atoms with Gasteiger partial charge in [0.05, 0.1) is 18.0 Å². The van der Waals surface area contributed by atoms with Crippen LogP contribution in [0.25, 0.3) is 0 Å². The van der Waals surface area contributed by atoms with Crippen molar-refractivity contribution in [2.75, 3.05) is 11.4 Å². The quantitative estimate of drug-likeness (QED) is 0.367. The van der Waals surface area contributed by atoms with Crippen molar-refractivity contribution >= 4 is 29.2 Å². The van der Waals surface area contributed by atoms with Gasteiger partial charge in [0.25, 0.3) is 10.2 Å². The Morgan fingerprint density at radius 3 is 2.30 bits per heavy atom. The first kappa shape index (κ1) is 26.0. The minimum atomic E-state index is -1.38. The average Bonchev–Trinajstić information content (AvgIpc) is 3.41. The summed E-state index contributed by atoms with van der Waals surface area (Å²) < 4.78 is 5.97. The topological polar surface area (TPSA) is 184 Å². The fourth-order valence-corrected chi connectivity index (χ4v) is 4.92. The number of carbonyl (C=O) groups is 2. The molecular weight excluding hydrogens is 516 g/mol. The highest BCUT2D eigenvalue weighted by atomic mass is 35.5. The second-order valence-electron chi connectivity index (χ2n) is 8.59. The number of fused-ring (bicyclic) bond motifs is 1. The van der Waals surface area contributed by atoms with Crippen LogP contribution in [0.15, 0.2) is 30.5 Å². The van der Waals surface area contributed by atoms with Crippen LogP contribution in [-0.4, -0.2) is 50.9 Å². The molecule has 196 valence electrons. The maximum atomic E-state index is 13.6. The molecule has 0 spiro atoms. The molecule has 1 aliphatic carbocycles. The predicted octanol–water partition coefficient (Wildman–Crippen LogP) is 2.64. The number of anilines is 1. The van der Waals surface area contributed by atoms with Crippen molar-refractivity contribution in [3.8, 4) is 0 Å². The summed E-state index contributed by atoms with van der Waals surface area (Å²) in [6, 6.07) is 6.97. The molecule has 1 fully saturated rings. The Bertz CT molecular complexity index is 1220. The number of carboxylic acid groups (broad SMARTS) is 1. The fraction of sp³-hybridized carbons (Fsp3) is 0.409. The molecule has 1 aliphatic heterocycles. The Morgan fingerprint density at radius 1 is 1.16 bits per heavy atom. The van der Waals surface area contributed by atoms with E-state index in [0.29, 0.717) is 21.8 Å². The van der Waals surface area contributed by atoms with Gasteiger partial charge in [0.1, 0.15) is 24.9 Å². The molecule has 0 bridgehead atoms. The number of pyridine rings is 1. The van der Waals surface area contributed by atoms with Gasteiger partial charge in [0.15, 0.2) is 0 Å². The summed E-state index contributed by atoms with van der Waals surface area (Å²) in [7, 11) is 0. The van der Waals surface area contributed by atoms with Crippen LogP contribution in [0.2, 0.25) is 5.02 Å². The van der Waals surface area contributed by atoms with Gasteiger partial charge in [-0.3, -0.25) is 19.5 Å². The van der Waals surface area contributed by atoms with Crippen molar-refractivity contribution in [3.63, 3.8) is 0 Å². The second-order valence-corrected chi connectivity index (χ2v) is 9.03. The van der Waals surface area contributed by atoms with Gasteiger partial charge in [-0.25, -0.2) is 0 Å². The molecule has 2 aliphatic rings. The summed E-state index contributed by atoms with van der Waals surface area (Å²) in [6.45, 7) is 0.941. The van der Waals surface area contributed by atoms with Crippen LogP contribution in [-0.2, 0) is 30.6 Å². The molecule has 0 radical (unpaired) electrons. The number of amides is 1. The Hall–Kier alpha value is -4.04. The summed E-state index contributed by atoms with van der Waals surface area (Å²) in [5.74, 6) is -3.06. The number of aryl methyl sites for hydroxylation is 1. The average molecular weight is 537 g/mol. The van der Waals surface area contributed by atoms with Gasteiger partial charge < -0.3 is 19.5 Å². The number of nitrogens with zero attached hydrogens (tertiary/aromatic N) is 4. The minimum Gasteiger partial charge on any atom is -0.480 e. The van der Waals surface area contributed by atoms with Gasteiger partial charge in [0, 0.05) is 28.3 Å². The van der Waals surface area contributed by atoms with Crippen LogP contribution < -0.4 is 4.90 Å². The van der Waals surface area contributed by atoms with E-state index >= 15 is 0 Å². The number of carboxylic acids is 1. The third-order valence-corrected chi connectivity index (χ3v) is 6.55. The van der Waals surface area contributed by atoms with Gasteiger partial charge >= 0.3 is 5.97 Å². The van der Waals surface area contributed by atoms with Crippen LogP contribution in [0.4, 0.5) is 5.69 Å². The molecule has 2 aromatic rings. The highest BCUT2D eigenvalue weighted by Crippen LogP contribution is 2.42. The summed E-state index contributed by atoms with van der Waals surface area (Å²) in [6.07, 6.45) is -2.23. The molecule has 2 heterocycles. The van der Waals surface area contributed by atoms with Gasteiger partial charge in [-0.15, -0.1) is 20.2 Å². The lowest BCUT2D eigenvalue weighted by atomic mass is 9.98. The highest BCUT2D eigenvalue weighted by Gasteiger charge is 2.45. The van der Waals surface area contributed by atoms with Gasteiger partial charge in [-0.1, -0.05) is 23.7 Å². The molecule has 14 nitrogen and oxygen atoms in total. The van der Waals surface area contributed by atoms with E-state index < -0.39 is 52.8 Å². The lowest BCUT2D eigenvalue weighted by Crippen LogP contribution is -2.40. The number of hydrogen-bond donors (Lipinski definition) is 1. The number of ether oxygens (including phenoxy) is 1. The third-order valence-electron chi connectivity index (χ3n) is 6.29. The zero-order valence-corrected chi connectivity index (χ0v) is 20.1. The van der Waals surface area contributed by atoms with E-state index in [1.54, 1.807) is 37.4 Å². The lowest BCUT2D eigenvalue weighted by molar-refractivity contribution is -0.797. The van der Waals surface area contributed by atoms with Crippen LogP contribution >= 0.6 is 11.6 Å². The minimum absolute atomic E-state index is 0.0650. The Labute approximate surface area is 213 Å². The molecule has 1 amide bonds.